The summed E-state index contributed by atoms with van der Waals surface area (Å²) in [6, 6.07) is 2.86. The van der Waals surface area contributed by atoms with Gasteiger partial charge in [0.25, 0.3) is 0 Å². The van der Waals surface area contributed by atoms with Crippen molar-refractivity contribution in [1.82, 2.24) is 0 Å². The molecule has 2 aliphatic rings. The quantitative estimate of drug-likeness (QED) is 0.452. The second kappa shape index (κ2) is 9.93. The Labute approximate surface area is 173 Å². The third kappa shape index (κ3) is 5.38. The lowest BCUT2D eigenvalue weighted by molar-refractivity contribution is 0.167. The third-order valence-electron chi connectivity index (χ3n) is 6.70. The molecule has 3 heteroatoms. The van der Waals surface area contributed by atoms with Gasteiger partial charge in [-0.3, -0.25) is 0 Å². The number of hydrogen-bond donors (Lipinski definition) is 0. The van der Waals surface area contributed by atoms with E-state index in [-0.39, 0.29) is 11.5 Å². The van der Waals surface area contributed by atoms with E-state index < -0.39 is 11.6 Å². The second-order valence-corrected chi connectivity index (χ2v) is 9.11. The molecular weight excluding hydrogens is 374 g/mol. The zero-order valence-electron chi connectivity index (χ0n) is 16.9. The van der Waals surface area contributed by atoms with E-state index in [2.05, 4.69) is 18.4 Å². The summed E-state index contributed by atoms with van der Waals surface area (Å²) in [4.78, 5) is 0. The molecule has 0 aliphatic heterocycles. The predicted octanol–water partition coefficient (Wildman–Crippen LogP) is 7.63. The van der Waals surface area contributed by atoms with Crippen LogP contribution in [-0.2, 0) is 6.42 Å². The molecule has 0 saturated heterocycles. The van der Waals surface area contributed by atoms with E-state index in [9.17, 15) is 8.78 Å². The molecule has 28 heavy (non-hydrogen) atoms. The van der Waals surface area contributed by atoms with Crippen molar-refractivity contribution in [2.75, 3.05) is 0 Å². The van der Waals surface area contributed by atoms with E-state index in [1.165, 1.54) is 50.7 Å². The summed E-state index contributed by atoms with van der Waals surface area (Å²) in [7, 11) is 0. The minimum atomic E-state index is -0.526. The zero-order chi connectivity index (χ0) is 20.1. The van der Waals surface area contributed by atoms with Crippen molar-refractivity contribution in [1.29, 1.82) is 0 Å². The van der Waals surface area contributed by atoms with Gasteiger partial charge in [0.1, 0.15) is 11.6 Å². The van der Waals surface area contributed by atoms with Crippen LogP contribution < -0.4 is 0 Å². The molecule has 0 nitrogen and oxygen atoms in total. The first-order valence-corrected chi connectivity index (χ1v) is 11.2. The van der Waals surface area contributed by atoms with Crippen LogP contribution in [0.1, 0.15) is 75.8 Å². The van der Waals surface area contributed by atoms with Crippen molar-refractivity contribution in [3.8, 4) is 11.8 Å². The van der Waals surface area contributed by atoms with Gasteiger partial charge in [-0.2, -0.15) is 0 Å². The van der Waals surface area contributed by atoms with Crippen LogP contribution in [-0.4, -0.2) is 0 Å². The van der Waals surface area contributed by atoms with Crippen LogP contribution in [0.25, 0.3) is 0 Å². The van der Waals surface area contributed by atoms with Crippen molar-refractivity contribution in [3.05, 3.63) is 46.5 Å². The molecule has 2 fully saturated rings. The molecule has 0 spiro atoms. The number of halogens is 3. The Balaban J connectivity index is 1.54. The normalized spacial score (nSPS) is 27.7. The highest BCUT2D eigenvalue weighted by molar-refractivity contribution is 6.29. The maximum atomic E-state index is 14.2. The molecule has 0 atom stereocenters. The zero-order valence-corrected chi connectivity index (χ0v) is 17.6. The van der Waals surface area contributed by atoms with Crippen LogP contribution in [0.5, 0.6) is 0 Å². The van der Waals surface area contributed by atoms with E-state index in [4.69, 9.17) is 11.6 Å². The Morgan fingerprint density at radius 1 is 1.00 bits per heavy atom. The lowest BCUT2D eigenvalue weighted by Crippen LogP contribution is -2.25. The van der Waals surface area contributed by atoms with Gasteiger partial charge in [-0.15, -0.1) is 0 Å². The first-order chi connectivity index (χ1) is 13.5. The molecule has 0 bridgehead atoms. The minimum absolute atomic E-state index is 0.0680. The van der Waals surface area contributed by atoms with Crippen LogP contribution in [0.2, 0.25) is 0 Å². The molecule has 0 aromatic heterocycles. The minimum Gasteiger partial charge on any atom is -0.206 e. The number of rotatable bonds is 4. The fraction of sp³-hybridized carbons (Fsp3) is 0.600. The summed E-state index contributed by atoms with van der Waals surface area (Å²) in [5.74, 6) is 7.22. The van der Waals surface area contributed by atoms with Gasteiger partial charge in [0.2, 0.25) is 0 Å². The molecular formula is C25H31ClF2. The van der Waals surface area contributed by atoms with Crippen molar-refractivity contribution >= 4 is 11.6 Å². The first kappa shape index (κ1) is 21.4. The van der Waals surface area contributed by atoms with Gasteiger partial charge in [0, 0.05) is 11.0 Å². The Bertz CT molecular complexity index is 719. The standard InChI is InChI=1S/C25H31ClF2/c1-3-4-19-15-24(27)23(25(28)16-19)14-7-18-5-8-21(9-6-18)22-12-10-20(11-13-22)17(2)26/h15-16,18,20-22H,2-6,8-13H2,1H3/t18-,20-,21-,22-. The second-order valence-electron chi connectivity index (χ2n) is 8.62. The summed E-state index contributed by atoms with van der Waals surface area (Å²) < 4.78 is 28.4. The van der Waals surface area contributed by atoms with Crippen LogP contribution in [0.3, 0.4) is 0 Å². The Morgan fingerprint density at radius 3 is 2.04 bits per heavy atom. The summed E-state index contributed by atoms with van der Waals surface area (Å²) in [5.41, 5.74) is 0.637. The average Bonchev–Trinajstić information content (AvgIpc) is 2.68. The predicted molar refractivity (Wildman–Crippen MR) is 113 cm³/mol. The van der Waals surface area contributed by atoms with Gasteiger partial charge in [-0.1, -0.05) is 43.4 Å². The van der Waals surface area contributed by atoms with Gasteiger partial charge >= 0.3 is 0 Å². The number of hydrogen-bond acceptors (Lipinski definition) is 0. The van der Waals surface area contributed by atoms with E-state index in [0.29, 0.717) is 17.9 Å². The Hall–Kier alpha value is -1.33. The van der Waals surface area contributed by atoms with E-state index in [1.807, 2.05) is 6.92 Å². The van der Waals surface area contributed by atoms with Gasteiger partial charge in [-0.05, 0) is 93.2 Å². The largest absolute Gasteiger partial charge is 0.206 e. The smallest absolute Gasteiger partial charge is 0.142 e. The van der Waals surface area contributed by atoms with Crippen LogP contribution in [0.4, 0.5) is 8.78 Å². The van der Waals surface area contributed by atoms with E-state index in [0.717, 1.165) is 36.1 Å². The molecule has 0 amide bonds. The molecule has 0 radical (unpaired) electrons. The van der Waals surface area contributed by atoms with Gasteiger partial charge in [0.15, 0.2) is 0 Å². The number of allylic oxidation sites excluding steroid dienone is 1. The van der Waals surface area contributed by atoms with Crippen LogP contribution in [0.15, 0.2) is 23.7 Å². The highest BCUT2D eigenvalue weighted by Crippen LogP contribution is 2.43. The number of benzene rings is 1. The lowest BCUT2D eigenvalue weighted by atomic mass is 9.69. The van der Waals surface area contributed by atoms with Crippen LogP contribution >= 0.6 is 11.6 Å². The maximum absolute atomic E-state index is 14.2. The molecule has 2 saturated carbocycles. The number of aryl methyl sites for hydroxylation is 1. The van der Waals surface area contributed by atoms with Gasteiger partial charge in [-0.25, -0.2) is 8.78 Å². The molecule has 3 rings (SSSR count). The van der Waals surface area contributed by atoms with Crippen molar-refractivity contribution in [3.63, 3.8) is 0 Å². The fourth-order valence-corrected chi connectivity index (χ4v) is 5.21. The Kier molecular flexibility index (Phi) is 7.58. The first-order valence-electron chi connectivity index (χ1n) is 10.8. The average molecular weight is 405 g/mol. The van der Waals surface area contributed by atoms with E-state index in [1.54, 1.807) is 0 Å². The maximum Gasteiger partial charge on any atom is 0.142 e. The van der Waals surface area contributed by atoms with Gasteiger partial charge in [0.05, 0.1) is 5.56 Å². The highest BCUT2D eigenvalue weighted by atomic mass is 35.5. The van der Waals surface area contributed by atoms with E-state index >= 15 is 0 Å². The molecule has 1 aromatic carbocycles. The molecule has 0 N–H and O–H groups in total. The summed E-state index contributed by atoms with van der Waals surface area (Å²) in [5, 5.41) is 0.819. The summed E-state index contributed by atoms with van der Waals surface area (Å²) >= 11 is 6.08. The highest BCUT2D eigenvalue weighted by Gasteiger charge is 2.31. The fourth-order valence-electron chi connectivity index (χ4n) is 4.99. The third-order valence-corrected chi connectivity index (χ3v) is 7.00. The molecule has 1 aromatic rings. The summed E-state index contributed by atoms with van der Waals surface area (Å²) in [6.07, 6.45) is 10.8. The lowest BCUT2D eigenvalue weighted by Gasteiger charge is -2.36. The topological polar surface area (TPSA) is 0 Å². The molecule has 0 unspecified atom stereocenters. The van der Waals surface area contributed by atoms with Crippen molar-refractivity contribution < 1.29 is 8.78 Å². The van der Waals surface area contributed by atoms with Gasteiger partial charge < -0.3 is 0 Å². The van der Waals surface area contributed by atoms with Crippen molar-refractivity contribution in [2.45, 2.75) is 71.1 Å². The molecule has 152 valence electrons. The molecule has 0 heterocycles. The monoisotopic (exact) mass is 404 g/mol. The molecule has 2 aliphatic carbocycles. The SMILES string of the molecule is C=C(Cl)[C@H]1CC[C@H]([C@H]2CC[C@H](C#Cc3c(F)cc(CCC)cc3F)CC2)CC1. The Morgan fingerprint density at radius 2 is 1.54 bits per heavy atom. The van der Waals surface area contributed by atoms with Crippen LogP contribution in [0, 0.1) is 47.1 Å². The summed E-state index contributed by atoms with van der Waals surface area (Å²) in [6.45, 7) is 5.89. The van der Waals surface area contributed by atoms with Crippen molar-refractivity contribution in [2.24, 2.45) is 23.7 Å².